The van der Waals surface area contributed by atoms with Crippen molar-refractivity contribution in [2.75, 3.05) is 12.3 Å². The zero-order chi connectivity index (χ0) is 13.1. The van der Waals surface area contributed by atoms with Crippen LogP contribution in [-0.2, 0) is 11.3 Å². The van der Waals surface area contributed by atoms with Crippen molar-refractivity contribution in [2.24, 2.45) is 0 Å². The van der Waals surface area contributed by atoms with Gasteiger partial charge in [-0.1, -0.05) is 17.7 Å². The van der Waals surface area contributed by atoms with E-state index in [1.165, 1.54) is 18.2 Å². The molecule has 1 aromatic rings. The largest absolute Gasteiger partial charge is 0.398 e. The van der Waals surface area contributed by atoms with E-state index in [-0.39, 0.29) is 12.3 Å². The summed E-state index contributed by atoms with van der Waals surface area (Å²) in [5, 5.41) is 0.326. The molecule has 0 aromatic heterocycles. The molecule has 0 aliphatic carbocycles. The molecule has 17 heavy (non-hydrogen) atoms. The van der Waals surface area contributed by atoms with E-state index in [0.29, 0.717) is 10.6 Å². The summed E-state index contributed by atoms with van der Waals surface area (Å²) in [6, 6.07) is 4.42. The van der Waals surface area contributed by atoms with Gasteiger partial charge in [-0.05, 0) is 17.7 Å². The Morgan fingerprint density at radius 1 is 1.35 bits per heavy atom. The summed E-state index contributed by atoms with van der Waals surface area (Å²) < 4.78 is 53.0. The Morgan fingerprint density at radius 2 is 2.00 bits per heavy atom. The highest BCUT2D eigenvalue weighted by Crippen LogP contribution is 2.24. The number of anilines is 1. The van der Waals surface area contributed by atoms with Gasteiger partial charge >= 0.3 is 12.3 Å². The number of halogens is 5. The van der Waals surface area contributed by atoms with Gasteiger partial charge in [0.15, 0.2) is 0 Å². The van der Waals surface area contributed by atoms with E-state index in [1.807, 2.05) is 0 Å². The number of ether oxygens (including phenoxy) is 1. The number of hydrogen-bond acceptors (Lipinski definition) is 2. The van der Waals surface area contributed by atoms with E-state index in [1.54, 1.807) is 0 Å². The Bertz CT molecular complexity index is 387. The molecule has 2 N–H and O–H groups in total. The van der Waals surface area contributed by atoms with Crippen molar-refractivity contribution in [1.82, 2.24) is 0 Å². The molecule has 1 rings (SSSR count). The predicted octanol–water partition coefficient (Wildman–Crippen LogP) is 3.34. The molecule has 1 aromatic carbocycles. The number of nitrogen functional groups attached to an aromatic ring is 1. The Hall–Kier alpha value is -1.01. The lowest BCUT2D eigenvalue weighted by Gasteiger charge is -2.15. The van der Waals surface area contributed by atoms with Crippen LogP contribution in [0.2, 0.25) is 5.02 Å². The standard InChI is InChI=1S/C10H10ClF4NO/c11-7-2-1-6(3-8(7)16)4-17-5-10(14,15)9(12)13/h1-3,9H,4-5,16H2. The minimum atomic E-state index is -4.14. The van der Waals surface area contributed by atoms with E-state index in [2.05, 4.69) is 4.74 Å². The minimum Gasteiger partial charge on any atom is -0.398 e. The first kappa shape index (κ1) is 14.1. The predicted molar refractivity (Wildman–Crippen MR) is 56.5 cm³/mol. The van der Waals surface area contributed by atoms with Gasteiger partial charge in [0.25, 0.3) is 0 Å². The van der Waals surface area contributed by atoms with Crippen LogP contribution in [-0.4, -0.2) is 19.0 Å². The zero-order valence-electron chi connectivity index (χ0n) is 8.60. The molecular weight excluding hydrogens is 262 g/mol. The smallest absolute Gasteiger partial charge is 0.330 e. The molecule has 96 valence electrons. The Morgan fingerprint density at radius 3 is 2.53 bits per heavy atom. The molecule has 0 bridgehead atoms. The second-order valence-electron chi connectivity index (χ2n) is 3.41. The van der Waals surface area contributed by atoms with Crippen molar-refractivity contribution in [3.05, 3.63) is 28.8 Å². The normalized spacial score (nSPS) is 12.1. The Labute approximate surface area is 100 Å². The van der Waals surface area contributed by atoms with Gasteiger partial charge in [-0.2, -0.15) is 8.78 Å². The summed E-state index contributed by atoms with van der Waals surface area (Å²) in [7, 11) is 0. The number of rotatable bonds is 5. The van der Waals surface area contributed by atoms with Crippen LogP contribution >= 0.6 is 11.6 Å². The van der Waals surface area contributed by atoms with Gasteiger partial charge < -0.3 is 10.5 Å². The lowest BCUT2D eigenvalue weighted by Crippen LogP contribution is -2.32. The third kappa shape index (κ3) is 4.05. The van der Waals surface area contributed by atoms with Gasteiger partial charge in [-0.3, -0.25) is 0 Å². The first-order chi connectivity index (χ1) is 7.83. The second kappa shape index (κ2) is 5.55. The summed E-state index contributed by atoms with van der Waals surface area (Å²) in [6.07, 6.45) is -3.74. The molecule has 0 atom stereocenters. The third-order valence-corrected chi connectivity index (χ3v) is 2.29. The lowest BCUT2D eigenvalue weighted by molar-refractivity contribution is -0.168. The van der Waals surface area contributed by atoms with Crippen molar-refractivity contribution in [2.45, 2.75) is 19.0 Å². The van der Waals surface area contributed by atoms with Crippen molar-refractivity contribution >= 4 is 17.3 Å². The minimum absolute atomic E-state index is 0.232. The molecular formula is C10H10ClF4NO. The Kier molecular flexibility index (Phi) is 4.59. The van der Waals surface area contributed by atoms with Crippen molar-refractivity contribution in [1.29, 1.82) is 0 Å². The quantitative estimate of drug-likeness (QED) is 0.658. The number of nitrogens with two attached hydrogens (primary N) is 1. The molecule has 0 spiro atoms. The summed E-state index contributed by atoms with van der Waals surface area (Å²) in [6.45, 7) is -1.57. The maximum absolute atomic E-state index is 12.5. The number of benzene rings is 1. The summed E-state index contributed by atoms with van der Waals surface area (Å²) >= 11 is 5.64. The van der Waals surface area contributed by atoms with Crippen LogP contribution in [0.25, 0.3) is 0 Å². The highest BCUT2D eigenvalue weighted by atomic mass is 35.5. The van der Waals surface area contributed by atoms with E-state index in [0.717, 1.165) is 0 Å². The molecule has 0 heterocycles. The van der Waals surface area contributed by atoms with Crippen molar-refractivity contribution in [3.8, 4) is 0 Å². The average molecular weight is 272 g/mol. The van der Waals surface area contributed by atoms with Gasteiger partial charge in [-0.25, -0.2) is 8.78 Å². The van der Waals surface area contributed by atoms with Crippen LogP contribution in [0.3, 0.4) is 0 Å². The van der Waals surface area contributed by atoms with Crippen LogP contribution < -0.4 is 5.73 Å². The second-order valence-corrected chi connectivity index (χ2v) is 3.82. The summed E-state index contributed by atoms with van der Waals surface area (Å²) in [5.41, 5.74) is 6.23. The molecule has 0 amide bonds. The van der Waals surface area contributed by atoms with Crippen molar-refractivity contribution in [3.63, 3.8) is 0 Å². The summed E-state index contributed by atoms with van der Waals surface area (Å²) in [5.74, 6) is -4.14. The van der Waals surface area contributed by atoms with Gasteiger partial charge in [-0.15, -0.1) is 0 Å². The lowest BCUT2D eigenvalue weighted by atomic mass is 10.2. The van der Waals surface area contributed by atoms with Crippen LogP contribution in [0.4, 0.5) is 23.2 Å². The van der Waals surface area contributed by atoms with Gasteiger partial charge in [0.1, 0.15) is 6.61 Å². The van der Waals surface area contributed by atoms with E-state index in [4.69, 9.17) is 17.3 Å². The summed E-state index contributed by atoms with van der Waals surface area (Å²) in [4.78, 5) is 0. The van der Waals surface area contributed by atoms with Crippen LogP contribution in [0.1, 0.15) is 5.56 Å². The fourth-order valence-corrected chi connectivity index (χ4v) is 1.17. The number of hydrogen-bond donors (Lipinski definition) is 1. The monoisotopic (exact) mass is 271 g/mol. The third-order valence-electron chi connectivity index (χ3n) is 1.94. The maximum atomic E-state index is 12.5. The van der Waals surface area contributed by atoms with E-state index >= 15 is 0 Å². The molecule has 2 nitrogen and oxygen atoms in total. The van der Waals surface area contributed by atoms with E-state index < -0.39 is 19.0 Å². The topological polar surface area (TPSA) is 35.2 Å². The van der Waals surface area contributed by atoms with Crippen LogP contribution in [0, 0.1) is 0 Å². The van der Waals surface area contributed by atoms with Crippen LogP contribution in [0.15, 0.2) is 18.2 Å². The zero-order valence-corrected chi connectivity index (χ0v) is 9.35. The van der Waals surface area contributed by atoms with E-state index in [9.17, 15) is 17.6 Å². The molecule has 0 saturated carbocycles. The van der Waals surface area contributed by atoms with Gasteiger partial charge in [0.05, 0.1) is 17.3 Å². The molecule has 0 aliphatic heterocycles. The maximum Gasteiger partial charge on any atom is 0.330 e. The van der Waals surface area contributed by atoms with Gasteiger partial charge in [0.2, 0.25) is 0 Å². The molecule has 0 aliphatic rings. The highest BCUT2D eigenvalue weighted by Gasteiger charge is 2.40. The fraction of sp³-hybridized carbons (Fsp3) is 0.400. The van der Waals surface area contributed by atoms with Crippen molar-refractivity contribution < 1.29 is 22.3 Å². The van der Waals surface area contributed by atoms with Crippen LogP contribution in [0.5, 0.6) is 0 Å². The molecule has 7 heteroatoms. The van der Waals surface area contributed by atoms with Gasteiger partial charge in [0, 0.05) is 0 Å². The SMILES string of the molecule is Nc1cc(COCC(F)(F)C(F)F)ccc1Cl. The molecule has 0 fully saturated rings. The number of alkyl halides is 4. The Balaban J connectivity index is 2.49. The first-order valence-electron chi connectivity index (χ1n) is 4.60. The average Bonchev–Trinajstić information content (AvgIpc) is 2.23. The molecule has 0 radical (unpaired) electrons. The fourth-order valence-electron chi connectivity index (χ4n) is 1.05. The first-order valence-corrected chi connectivity index (χ1v) is 4.98. The molecule has 0 unspecified atom stereocenters. The highest BCUT2D eigenvalue weighted by molar-refractivity contribution is 6.33. The molecule has 0 saturated heterocycles.